The number of hydrogen-bond donors (Lipinski definition) is 2. The lowest BCUT2D eigenvalue weighted by molar-refractivity contribution is 0.293. The van der Waals surface area contributed by atoms with E-state index in [0.29, 0.717) is 24.1 Å². The Bertz CT molecular complexity index is 570. The molecule has 0 bridgehead atoms. The van der Waals surface area contributed by atoms with Gasteiger partial charge in [0.25, 0.3) is 0 Å². The van der Waals surface area contributed by atoms with E-state index in [1.54, 1.807) is 19.1 Å². The molecular weight excluding hydrogens is 273 g/mol. The molecule has 112 valence electrons. The molecule has 6 nitrogen and oxygen atoms in total. The van der Waals surface area contributed by atoms with Crippen molar-refractivity contribution >= 4 is 11.9 Å². The van der Waals surface area contributed by atoms with Gasteiger partial charge < -0.3 is 15.8 Å². The highest BCUT2D eigenvalue weighted by molar-refractivity contribution is 5.32. The molecule has 1 heterocycles. The van der Waals surface area contributed by atoms with Crippen LogP contribution in [0.3, 0.4) is 0 Å². The van der Waals surface area contributed by atoms with Crippen LogP contribution in [0.2, 0.25) is 0 Å². The maximum atomic E-state index is 12.8. The second kappa shape index (κ2) is 6.83. The molecule has 0 saturated carbocycles. The van der Waals surface area contributed by atoms with Crippen LogP contribution in [0.25, 0.3) is 0 Å². The van der Waals surface area contributed by atoms with Crippen LogP contribution in [-0.4, -0.2) is 27.6 Å². The van der Waals surface area contributed by atoms with E-state index in [1.165, 1.54) is 12.1 Å². The molecule has 0 amide bonds. The molecule has 0 aliphatic heterocycles. The number of nitrogens with zero attached hydrogens (tertiary/aromatic N) is 3. The Hall–Kier alpha value is -2.44. The van der Waals surface area contributed by atoms with Crippen LogP contribution in [0.4, 0.5) is 16.3 Å². The first-order valence-corrected chi connectivity index (χ1v) is 6.70. The predicted molar refractivity (Wildman–Crippen MR) is 78.6 cm³/mol. The van der Waals surface area contributed by atoms with Gasteiger partial charge in [-0.2, -0.15) is 15.0 Å². The number of rotatable bonds is 6. The summed E-state index contributed by atoms with van der Waals surface area (Å²) in [5.74, 6) is 1.49. The number of anilines is 2. The molecule has 0 spiro atoms. The first-order chi connectivity index (χ1) is 10.1. The van der Waals surface area contributed by atoms with Crippen LogP contribution >= 0.6 is 0 Å². The zero-order valence-electron chi connectivity index (χ0n) is 12.0. The molecule has 1 atom stereocenters. The summed E-state index contributed by atoms with van der Waals surface area (Å²) in [6, 6.07) is 5.91. The maximum absolute atomic E-state index is 12.8. The monoisotopic (exact) mass is 291 g/mol. The largest absolute Gasteiger partial charge is 0.491 e. The van der Waals surface area contributed by atoms with Crippen molar-refractivity contribution in [2.45, 2.75) is 26.3 Å². The SMILES string of the molecule is CCC(COc1ccc(F)cc1)Nc1nc(C)nc(N)n1. The Morgan fingerprint density at radius 1 is 1.24 bits per heavy atom. The van der Waals surface area contributed by atoms with Gasteiger partial charge in [-0.15, -0.1) is 0 Å². The zero-order valence-corrected chi connectivity index (χ0v) is 12.0. The third-order valence-corrected chi connectivity index (χ3v) is 2.86. The fraction of sp³-hybridized carbons (Fsp3) is 0.357. The van der Waals surface area contributed by atoms with Gasteiger partial charge in [-0.05, 0) is 37.6 Å². The second-order valence-corrected chi connectivity index (χ2v) is 4.58. The highest BCUT2D eigenvalue weighted by Crippen LogP contribution is 2.13. The molecule has 1 aromatic carbocycles. The van der Waals surface area contributed by atoms with Crippen molar-refractivity contribution in [1.82, 2.24) is 15.0 Å². The Balaban J connectivity index is 1.95. The van der Waals surface area contributed by atoms with Gasteiger partial charge >= 0.3 is 0 Å². The van der Waals surface area contributed by atoms with Gasteiger partial charge in [0.15, 0.2) is 0 Å². The molecule has 2 aromatic rings. The van der Waals surface area contributed by atoms with Crippen LogP contribution in [-0.2, 0) is 0 Å². The van der Waals surface area contributed by atoms with Gasteiger partial charge in [0.1, 0.15) is 24.0 Å². The zero-order chi connectivity index (χ0) is 15.2. The summed E-state index contributed by atoms with van der Waals surface area (Å²) < 4.78 is 18.4. The van der Waals surface area contributed by atoms with E-state index < -0.39 is 0 Å². The van der Waals surface area contributed by atoms with Crippen molar-refractivity contribution in [3.63, 3.8) is 0 Å². The number of aromatic nitrogens is 3. The predicted octanol–water partition coefficient (Wildman–Crippen LogP) is 2.17. The van der Waals surface area contributed by atoms with Gasteiger partial charge in [-0.3, -0.25) is 0 Å². The van der Waals surface area contributed by atoms with E-state index in [4.69, 9.17) is 10.5 Å². The topological polar surface area (TPSA) is 86.0 Å². The Labute approximate surface area is 122 Å². The lowest BCUT2D eigenvalue weighted by atomic mass is 10.2. The molecule has 0 aliphatic carbocycles. The fourth-order valence-electron chi connectivity index (χ4n) is 1.74. The lowest BCUT2D eigenvalue weighted by Crippen LogP contribution is -2.27. The third-order valence-electron chi connectivity index (χ3n) is 2.86. The summed E-state index contributed by atoms with van der Waals surface area (Å²) >= 11 is 0. The van der Waals surface area contributed by atoms with Gasteiger partial charge in [0.05, 0.1) is 6.04 Å². The fourth-order valence-corrected chi connectivity index (χ4v) is 1.74. The minimum atomic E-state index is -0.288. The summed E-state index contributed by atoms with van der Waals surface area (Å²) in [5.41, 5.74) is 5.59. The molecule has 0 aliphatic rings. The standard InChI is InChI=1S/C14H18FN5O/c1-3-11(8-21-12-6-4-10(15)5-7-12)19-14-18-9(2)17-13(16)20-14/h4-7,11H,3,8H2,1-2H3,(H3,16,17,18,19,20). The van der Waals surface area contributed by atoms with Crippen LogP contribution in [0.5, 0.6) is 5.75 Å². The molecule has 0 saturated heterocycles. The van der Waals surface area contributed by atoms with E-state index in [2.05, 4.69) is 20.3 Å². The van der Waals surface area contributed by atoms with E-state index in [9.17, 15) is 4.39 Å². The average Bonchev–Trinajstić information content (AvgIpc) is 2.44. The minimum Gasteiger partial charge on any atom is -0.491 e. The molecule has 2 rings (SSSR count). The molecule has 21 heavy (non-hydrogen) atoms. The molecule has 1 aromatic heterocycles. The summed E-state index contributed by atoms with van der Waals surface area (Å²) in [6.45, 7) is 4.18. The molecule has 3 N–H and O–H groups in total. The van der Waals surface area contributed by atoms with E-state index in [0.717, 1.165) is 6.42 Å². The number of nitrogens with one attached hydrogen (secondary N) is 1. The number of aryl methyl sites for hydroxylation is 1. The van der Waals surface area contributed by atoms with Crippen molar-refractivity contribution in [2.75, 3.05) is 17.7 Å². The molecule has 0 radical (unpaired) electrons. The molecule has 0 fully saturated rings. The normalized spacial score (nSPS) is 12.0. The summed E-state index contributed by atoms with van der Waals surface area (Å²) in [6.07, 6.45) is 0.811. The maximum Gasteiger partial charge on any atom is 0.228 e. The van der Waals surface area contributed by atoms with Crippen LogP contribution < -0.4 is 15.8 Å². The van der Waals surface area contributed by atoms with Gasteiger partial charge in [0, 0.05) is 0 Å². The van der Waals surface area contributed by atoms with Crippen molar-refractivity contribution < 1.29 is 9.13 Å². The number of benzene rings is 1. The van der Waals surface area contributed by atoms with Gasteiger partial charge in [-0.25, -0.2) is 4.39 Å². The van der Waals surface area contributed by atoms with Crippen molar-refractivity contribution in [3.8, 4) is 5.75 Å². The molecule has 7 heteroatoms. The highest BCUT2D eigenvalue weighted by atomic mass is 19.1. The highest BCUT2D eigenvalue weighted by Gasteiger charge is 2.10. The van der Waals surface area contributed by atoms with Gasteiger partial charge in [-0.1, -0.05) is 6.92 Å². The van der Waals surface area contributed by atoms with Crippen LogP contribution in [0, 0.1) is 12.7 Å². The molecular formula is C14H18FN5O. The first kappa shape index (κ1) is 15.0. The Kier molecular flexibility index (Phi) is 4.86. The van der Waals surface area contributed by atoms with E-state index >= 15 is 0 Å². The van der Waals surface area contributed by atoms with Crippen LogP contribution in [0.1, 0.15) is 19.2 Å². The van der Waals surface area contributed by atoms with Crippen molar-refractivity contribution in [3.05, 3.63) is 35.9 Å². The average molecular weight is 291 g/mol. The smallest absolute Gasteiger partial charge is 0.228 e. The number of nitrogen functional groups attached to an aromatic ring is 1. The van der Waals surface area contributed by atoms with E-state index in [1.807, 2.05) is 6.92 Å². The number of hydrogen-bond acceptors (Lipinski definition) is 6. The number of ether oxygens (including phenoxy) is 1. The Morgan fingerprint density at radius 3 is 2.57 bits per heavy atom. The summed E-state index contributed by atoms with van der Waals surface area (Å²) in [4.78, 5) is 12.1. The molecule has 1 unspecified atom stereocenters. The second-order valence-electron chi connectivity index (χ2n) is 4.58. The summed E-state index contributed by atoms with van der Waals surface area (Å²) in [7, 11) is 0. The van der Waals surface area contributed by atoms with E-state index in [-0.39, 0.29) is 17.8 Å². The van der Waals surface area contributed by atoms with Crippen LogP contribution in [0.15, 0.2) is 24.3 Å². The number of halogens is 1. The van der Waals surface area contributed by atoms with Crippen molar-refractivity contribution in [2.24, 2.45) is 0 Å². The van der Waals surface area contributed by atoms with Gasteiger partial charge in [0.2, 0.25) is 11.9 Å². The summed E-state index contributed by atoms with van der Waals surface area (Å²) in [5, 5.41) is 3.15. The Morgan fingerprint density at radius 2 is 1.95 bits per heavy atom. The minimum absolute atomic E-state index is 0.0104. The first-order valence-electron chi connectivity index (χ1n) is 6.70. The lowest BCUT2D eigenvalue weighted by Gasteiger charge is -2.17. The number of nitrogens with two attached hydrogens (primary N) is 1. The quantitative estimate of drug-likeness (QED) is 0.848. The van der Waals surface area contributed by atoms with Crippen molar-refractivity contribution in [1.29, 1.82) is 0 Å². The third kappa shape index (κ3) is 4.55.